The van der Waals surface area contributed by atoms with Crippen molar-refractivity contribution >= 4 is 29.5 Å². The summed E-state index contributed by atoms with van der Waals surface area (Å²) in [6, 6.07) is 5.61. The molecule has 0 atom stereocenters. The lowest BCUT2D eigenvalue weighted by Gasteiger charge is -2.39. The van der Waals surface area contributed by atoms with E-state index in [1.165, 1.54) is 28.8 Å². The van der Waals surface area contributed by atoms with Gasteiger partial charge in [-0.25, -0.2) is 4.79 Å². The van der Waals surface area contributed by atoms with Gasteiger partial charge >= 0.3 is 12.2 Å². The number of anilines is 2. The van der Waals surface area contributed by atoms with Crippen LogP contribution < -0.4 is 9.62 Å². The number of benzene rings is 1. The van der Waals surface area contributed by atoms with Crippen LogP contribution in [0.1, 0.15) is 18.1 Å². The molecule has 2 fully saturated rings. The molecule has 2 aliphatic rings. The first kappa shape index (κ1) is 26.2. The number of aromatic nitrogens is 2. The first-order valence-corrected chi connectivity index (χ1v) is 13.1. The average molecular weight is 524 g/mol. The molecule has 0 radical (unpaired) electrons. The Labute approximate surface area is 213 Å². The van der Waals surface area contributed by atoms with Crippen LogP contribution in [0, 0.1) is 0 Å². The van der Waals surface area contributed by atoms with Gasteiger partial charge in [0.05, 0.1) is 5.56 Å². The van der Waals surface area contributed by atoms with Crippen molar-refractivity contribution < 1.29 is 18.0 Å². The van der Waals surface area contributed by atoms with Gasteiger partial charge < -0.3 is 19.4 Å². The minimum absolute atomic E-state index is 0.186. The summed E-state index contributed by atoms with van der Waals surface area (Å²) in [7, 11) is 0. The molecule has 0 bridgehead atoms. The van der Waals surface area contributed by atoms with Crippen molar-refractivity contribution in [2.45, 2.75) is 19.6 Å². The normalized spacial score (nSPS) is 17.4. The molecule has 1 aromatic heterocycles. The summed E-state index contributed by atoms with van der Waals surface area (Å²) in [5.74, 6) is 0.619. The maximum absolute atomic E-state index is 13.5. The van der Waals surface area contributed by atoms with Crippen LogP contribution in [0.5, 0.6) is 0 Å². The predicted octanol–water partition coefficient (Wildman–Crippen LogP) is 4.03. The maximum atomic E-state index is 13.5. The van der Waals surface area contributed by atoms with Gasteiger partial charge in [0.15, 0.2) is 5.82 Å². The third kappa shape index (κ3) is 6.09. The van der Waals surface area contributed by atoms with E-state index < -0.39 is 11.7 Å². The smallest absolute Gasteiger partial charge is 0.372 e. The second-order valence-corrected chi connectivity index (χ2v) is 9.66. The quantitative estimate of drug-likeness (QED) is 0.574. The zero-order valence-corrected chi connectivity index (χ0v) is 21.4. The lowest BCUT2D eigenvalue weighted by molar-refractivity contribution is -0.137. The molecular formula is C24H32F3N7OS. The third-order valence-electron chi connectivity index (χ3n) is 6.60. The van der Waals surface area contributed by atoms with E-state index in [9.17, 15) is 18.0 Å². The minimum atomic E-state index is -4.39. The van der Waals surface area contributed by atoms with Crippen molar-refractivity contribution in [3.8, 4) is 0 Å². The Hall–Kier alpha value is -2.86. The van der Waals surface area contributed by atoms with Gasteiger partial charge in [-0.3, -0.25) is 4.90 Å². The van der Waals surface area contributed by atoms with E-state index >= 15 is 0 Å². The Morgan fingerprint density at radius 1 is 1.06 bits per heavy atom. The van der Waals surface area contributed by atoms with Crippen LogP contribution >= 0.6 is 11.9 Å². The molecule has 2 saturated heterocycles. The van der Waals surface area contributed by atoms with Crippen LogP contribution in [0.25, 0.3) is 0 Å². The molecule has 2 aromatic rings. The summed E-state index contributed by atoms with van der Waals surface area (Å²) in [5, 5.41) is 4.24. The van der Waals surface area contributed by atoms with Crippen molar-refractivity contribution in [2.75, 3.05) is 68.2 Å². The van der Waals surface area contributed by atoms with Crippen LogP contribution in [-0.4, -0.2) is 89.1 Å². The summed E-state index contributed by atoms with van der Waals surface area (Å²) in [6.45, 7) is 11.5. The average Bonchev–Trinajstić information content (AvgIpc) is 3.32. The summed E-state index contributed by atoms with van der Waals surface area (Å²) >= 11 is 1.40. The van der Waals surface area contributed by atoms with E-state index in [4.69, 9.17) is 0 Å². The Kier molecular flexibility index (Phi) is 8.04. The summed E-state index contributed by atoms with van der Waals surface area (Å²) in [5.41, 5.74) is 1.84. The maximum Gasteiger partial charge on any atom is 0.416 e. The summed E-state index contributed by atoms with van der Waals surface area (Å²) in [6.07, 6.45) is -0.879. The number of nitrogens with zero attached hydrogens (tertiary/aromatic N) is 6. The summed E-state index contributed by atoms with van der Waals surface area (Å²) in [4.78, 5) is 20.9. The van der Waals surface area contributed by atoms with E-state index in [-0.39, 0.29) is 6.03 Å². The summed E-state index contributed by atoms with van der Waals surface area (Å²) < 4.78 is 44.8. The number of amides is 1. The third-order valence-corrected chi connectivity index (χ3v) is 7.01. The van der Waals surface area contributed by atoms with Crippen molar-refractivity contribution in [3.63, 3.8) is 0 Å². The van der Waals surface area contributed by atoms with Crippen LogP contribution in [-0.2, 0) is 12.7 Å². The van der Waals surface area contributed by atoms with E-state index in [1.54, 1.807) is 23.2 Å². The van der Waals surface area contributed by atoms with Crippen LogP contribution in [0.3, 0.4) is 0 Å². The van der Waals surface area contributed by atoms with E-state index in [1.807, 2.05) is 18.1 Å². The lowest BCUT2D eigenvalue weighted by atomic mass is 10.1. The Balaban J connectivity index is 1.42. The minimum Gasteiger partial charge on any atom is -0.372 e. The molecule has 0 saturated carbocycles. The second-order valence-electron chi connectivity index (χ2n) is 9.05. The van der Waals surface area contributed by atoms with Gasteiger partial charge in [0.1, 0.15) is 0 Å². The molecule has 1 N–H and O–H groups in total. The van der Waals surface area contributed by atoms with Crippen molar-refractivity contribution in [1.29, 1.82) is 0 Å². The van der Waals surface area contributed by atoms with Crippen molar-refractivity contribution in [1.82, 2.24) is 24.5 Å². The van der Waals surface area contributed by atoms with Crippen LogP contribution in [0.15, 0.2) is 42.7 Å². The highest BCUT2D eigenvalue weighted by Gasteiger charge is 2.32. The highest BCUT2D eigenvalue weighted by Crippen LogP contribution is 2.34. The molecule has 8 nitrogen and oxygen atoms in total. The van der Waals surface area contributed by atoms with Crippen molar-refractivity contribution in [2.24, 2.45) is 0 Å². The number of hydrogen-bond donors (Lipinski definition) is 1. The molecule has 3 heterocycles. The topological polar surface area (TPSA) is 59.9 Å². The molecule has 2 aliphatic heterocycles. The SMILES string of the molecule is C=C(C)N1CCN(c2cc(C(F)(F)F)ccc2CN2CCN(C(=O)n3ccc(NSC)n3)CC2)CC1. The first-order chi connectivity index (χ1) is 17.2. The Morgan fingerprint density at radius 2 is 1.72 bits per heavy atom. The highest BCUT2D eigenvalue weighted by atomic mass is 32.2. The molecule has 36 heavy (non-hydrogen) atoms. The molecule has 0 aliphatic carbocycles. The van der Waals surface area contributed by atoms with Gasteiger partial charge in [-0.2, -0.15) is 17.9 Å². The fraction of sp³-hybridized carbons (Fsp3) is 0.500. The Bertz CT molecular complexity index is 1070. The highest BCUT2D eigenvalue weighted by molar-refractivity contribution is 7.99. The van der Waals surface area contributed by atoms with E-state index in [2.05, 4.69) is 26.2 Å². The lowest BCUT2D eigenvalue weighted by Crippen LogP contribution is -2.50. The van der Waals surface area contributed by atoms with Gasteiger partial charge in [-0.1, -0.05) is 24.6 Å². The Morgan fingerprint density at radius 3 is 2.33 bits per heavy atom. The van der Waals surface area contributed by atoms with Gasteiger partial charge in [0.25, 0.3) is 0 Å². The zero-order valence-electron chi connectivity index (χ0n) is 20.6. The molecular weight excluding hydrogens is 491 g/mol. The molecule has 1 amide bonds. The number of alkyl halides is 3. The fourth-order valence-electron chi connectivity index (χ4n) is 4.57. The van der Waals surface area contributed by atoms with Gasteiger partial charge in [0, 0.05) is 88.8 Å². The number of rotatable bonds is 6. The van der Waals surface area contributed by atoms with Crippen LogP contribution in [0.2, 0.25) is 0 Å². The molecule has 1 aromatic carbocycles. The number of piperazine rings is 2. The van der Waals surface area contributed by atoms with Crippen LogP contribution in [0.4, 0.5) is 29.5 Å². The molecule has 196 valence electrons. The van der Waals surface area contributed by atoms with Gasteiger partial charge in [-0.15, -0.1) is 5.10 Å². The molecule has 0 spiro atoms. The van der Waals surface area contributed by atoms with Gasteiger partial charge in [0.2, 0.25) is 0 Å². The fourth-order valence-corrected chi connectivity index (χ4v) is 4.89. The molecule has 12 heteroatoms. The second kappa shape index (κ2) is 11.0. The van der Waals surface area contributed by atoms with Gasteiger partial charge in [-0.05, 0) is 24.6 Å². The van der Waals surface area contributed by atoms with E-state index in [0.717, 1.165) is 24.4 Å². The number of carbonyl (C=O) groups excluding carboxylic acids is 1. The molecule has 0 unspecified atom stereocenters. The largest absolute Gasteiger partial charge is 0.416 e. The number of carbonyl (C=O) groups is 1. The zero-order chi connectivity index (χ0) is 25.9. The molecule has 4 rings (SSSR count). The standard InChI is InChI=1S/C24H32F3N7OS/c1-18(2)31-12-14-32(15-13-31)21-16-20(24(25,26)27)5-4-19(21)17-30-8-10-33(11-9-30)23(35)34-7-6-22(28-34)29-36-3/h4-7,16H,1,8-15,17H2,2-3H3,(H,28,29). The predicted molar refractivity (Wildman–Crippen MR) is 137 cm³/mol. The number of hydrogen-bond acceptors (Lipinski definition) is 7. The monoisotopic (exact) mass is 523 g/mol. The first-order valence-electron chi connectivity index (χ1n) is 11.9. The number of halogens is 3. The van der Waals surface area contributed by atoms with Crippen molar-refractivity contribution in [3.05, 3.63) is 53.9 Å². The number of allylic oxidation sites excluding steroid dienone is 1. The number of nitrogens with one attached hydrogen (secondary N) is 1. The van der Waals surface area contributed by atoms with E-state index in [0.29, 0.717) is 57.3 Å².